The number of amides is 1. The number of hydrogen-bond donors (Lipinski definition) is 2. The molecule has 1 aliphatic carbocycles. The number of rotatable bonds is 12. The molecule has 2 rings (SSSR count). The number of hydrogen-bond acceptors (Lipinski definition) is 8. The van der Waals surface area contributed by atoms with Crippen LogP contribution in [-0.2, 0) is 28.7 Å². The van der Waals surface area contributed by atoms with Gasteiger partial charge in [-0.05, 0) is 46.0 Å². The maximum absolute atomic E-state index is 13.3. The van der Waals surface area contributed by atoms with Crippen molar-refractivity contribution in [3.63, 3.8) is 0 Å². The molecular formula is C22H36N2O7S. The van der Waals surface area contributed by atoms with Gasteiger partial charge in [0, 0.05) is 17.5 Å². The van der Waals surface area contributed by atoms with E-state index in [0.717, 1.165) is 25.7 Å². The van der Waals surface area contributed by atoms with Crippen molar-refractivity contribution in [1.29, 1.82) is 0 Å². The highest BCUT2D eigenvalue weighted by Gasteiger charge is 2.48. The van der Waals surface area contributed by atoms with Crippen molar-refractivity contribution in [1.82, 2.24) is 10.2 Å². The average molecular weight is 473 g/mol. The van der Waals surface area contributed by atoms with Crippen LogP contribution in [0.2, 0.25) is 0 Å². The number of nitrogens with one attached hydrogen (secondary N) is 1. The van der Waals surface area contributed by atoms with Gasteiger partial charge in [-0.3, -0.25) is 19.7 Å². The predicted molar refractivity (Wildman–Crippen MR) is 120 cm³/mol. The molecule has 1 aliphatic heterocycles. The van der Waals surface area contributed by atoms with E-state index in [0.29, 0.717) is 24.5 Å². The van der Waals surface area contributed by atoms with Crippen molar-refractivity contribution in [2.45, 2.75) is 83.5 Å². The van der Waals surface area contributed by atoms with Crippen LogP contribution >= 0.6 is 11.8 Å². The van der Waals surface area contributed by atoms with Crippen LogP contribution in [-0.4, -0.2) is 82.7 Å². The van der Waals surface area contributed by atoms with Crippen LogP contribution in [0, 0.1) is 5.92 Å². The molecule has 1 amide bonds. The van der Waals surface area contributed by atoms with Crippen LogP contribution in [0.4, 0.5) is 0 Å². The predicted octanol–water partition coefficient (Wildman–Crippen LogP) is 1.83. The van der Waals surface area contributed by atoms with E-state index in [4.69, 9.17) is 9.47 Å². The SMILES string of the molecule is CCOC(=O)CCSC[C@@H](N[C@@H](C)C(=O)N1C2CCCCC2C[C@H]1C(=O)O)C(=O)OCC. The van der Waals surface area contributed by atoms with Gasteiger partial charge in [-0.25, -0.2) is 4.79 Å². The van der Waals surface area contributed by atoms with Crippen LogP contribution in [0.3, 0.4) is 0 Å². The number of aliphatic carboxylic acids is 1. The van der Waals surface area contributed by atoms with E-state index < -0.39 is 30.1 Å². The van der Waals surface area contributed by atoms with Crippen LogP contribution < -0.4 is 5.32 Å². The third kappa shape index (κ3) is 7.10. The minimum atomic E-state index is -0.976. The number of fused-ring (bicyclic) bond motifs is 1. The first-order valence-corrected chi connectivity index (χ1v) is 12.7. The average Bonchev–Trinajstić information content (AvgIpc) is 3.15. The molecule has 2 aliphatic rings. The highest BCUT2D eigenvalue weighted by molar-refractivity contribution is 7.99. The van der Waals surface area contributed by atoms with Gasteiger partial charge >= 0.3 is 17.9 Å². The van der Waals surface area contributed by atoms with E-state index in [-0.39, 0.29) is 36.9 Å². The molecule has 0 spiro atoms. The Balaban J connectivity index is 2.00. The summed E-state index contributed by atoms with van der Waals surface area (Å²) in [7, 11) is 0. The summed E-state index contributed by atoms with van der Waals surface area (Å²) in [6.45, 7) is 5.65. The zero-order chi connectivity index (χ0) is 23.7. The molecule has 0 aromatic heterocycles. The van der Waals surface area contributed by atoms with Gasteiger partial charge in [0.2, 0.25) is 5.91 Å². The molecule has 0 radical (unpaired) electrons. The maximum Gasteiger partial charge on any atom is 0.326 e. The van der Waals surface area contributed by atoms with Crippen LogP contribution in [0.25, 0.3) is 0 Å². The lowest BCUT2D eigenvalue weighted by atomic mass is 9.84. The Labute approximate surface area is 193 Å². The molecule has 0 aromatic rings. The third-order valence-corrected chi connectivity index (χ3v) is 7.12. The smallest absolute Gasteiger partial charge is 0.326 e. The number of esters is 2. The van der Waals surface area contributed by atoms with Crippen molar-refractivity contribution in [2.75, 3.05) is 24.7 Å². The molecule has 10 heteroatoms. The van der Waals surface area contributed by atoms with Crippen molar-refractivity contribution in [3.05, 3.63) is 0 Å². The fourth-order valence-corrected chi connectivity index (χ4v) is 5.56. The largest absolute Gasteiger partial charge is 0.480 e. The molecule has 0 aromatic carbocycles. The molecule has 182 valence electrons. The van der Waals surface area contributed by atoms with Gasteiger partial charge in [-0.15, -0.1) is 0 Å². The van der Waals surface area contributed by atoms with Gasteiger partial charge in [0.25, 0.3) is 0 Å². The van der Waals surface area contributed by atoms with E-state index in [1.807, 2.05) is 0 Å². The Morgan fingerprint density at radius 3 is 2.47 bits per heavy atom. The Morgan fingerprint density at radius 1 is 1.12 bits per heavy atom. The number of likely N-dealkylation sites (tertiary alicyclic amines) is 1. The second-order valence-electron chi connectivity index (χ2n) is 8.27. The summed E-state index contributed by atoms with van der Waals surface area (Å²) in [5, 5.41) is 12.7. The lowest BCUT2D eigenvalue weighted by molar-refractivity contribution is -0.151. The topological polar surface area (TPSA) is 122 Å². The molecule has 5 atom stereocenters. The van der Waals surface area contributed by atoms with Crippen molar-refractivity contribution < 1.29 is 33.8 Å². The van der Waals surface area contributed by atoms with E-state index in [1.54, 1.807) is 25.7 Å². The number of carboxylic acids is 1. The van der Waals surface area contributed by atoms with Crippen molar-refractivity contribution >= 4 is 35.6 Å². The van der Waals surface area contributed by atoms with Gasteiger partial charge < -0.3 is 19.5 Å². The highest BCUT2D eigenvalue weighted by Crippen LogP contribution is 2.40. The number of carbonyl (C=O) groups is 4. The van der Waals surface area contributed by atoms with Crippen LogP contribution in [0.5, 0.6) is 0 Å². The first-order chi connectivity index (χ1) is 15.3. The van der Waals surface area contributed by atoms with Gasteiger partial charge in [-0.1, -0.05) is 12.8 Å². The van der Waals surface area contributed by atoms with E-state index >= 15 is 0 Å². The zero-order valence-corrected chi connectivity index (χ0v) is 20.0. The summed E-state index contributed by atoms with van der Waals surface area (Å²) in [4.78, 5) is 50.6. The maximum atomic E-state index is 13.3. The molecule has 9 nitrogen and oxygen atoms in total. The van der Waals surface area contributed by atoms with Gasteiger partial charge in [0.15, 0.2) is 0 Å². The molecule has 2 fully saturated rings. The van der Waals surface area contributed by atoms with Gasteiger partial charge in [-0.2, -0.15) is 11.8 Å². The molecule has 2 N–H and O–H groups in total. The summed E-state index contributed by atoms with van der Waals surface area (Å²) in [5.41, 5.74) is 0. The second kappa shape index (κ2) is 13.0. The van der Waals surface area contributed by atoms with Gasteiger partial charge in [0.1, 0.15) is 12.1 Å². The summed E-state index contributed by atoms with van der Waals surface area (Å²) in [5.74, 6) is -1.00. The summed E-state index contributed by atoms with van der Waals surface area (Å²) >= 11 is 1.40. The summed E-state index contributed by atoms with van der Waals surface area (Å²) < 4.78 is 10.0. The normalized spacial score (nSPS) is 24.3. The van der Waals surface area contributed by atoms with E-state index in [1.165, 1.54) is 11.8 Å². The first-order valence-electron chi connectivity index (χ1n) is 11.5. The Bertz CT molecular complexity index is 675. The fourth-order valence-electron chi connectivity index (χ4n) is 4.61. The molecule has 32 heavy (non-hydrogen) atoms. The number of carbonyl (C=O) groups excluding carboxylic acids is 3. The van der Waals surface area contributed by atoms with Crippen LogP contribution in [0.1, 0.15) is 59.3 Å². The van der Waals surface area contributed by atoms with E-state index in [2.05, 4.69) is 5.32 Å². The first kappa shape index (κ1) is 26.4. The Hall–Kier alpha value is -1.81. The number of carboxylic acid groups (broad SMARTS) is 1. The minimum absolute atomic E-state index is 0.0541. The lowest BCUT2D eigenvalue weighted by Gasteiger charge is -2.35. The highest BCUT2D eigenvalue weighted by atomic mass is 32.2. The second-order valence-corrected chi connectivity index (χ2v) is 9.42. The van der Waals surface area contributed by atoms with Crippen LogP contribution in [0.15, 0.2) is 0 Å². The van der Waals surface area contributed by atoms with Crippen molar-refractivity contribution in [3.8, 4) is 0 Å². The number of ether oxygens (including phenoxy) is 2. The molecule has 0 bridgehead atoms. The van der Waals surface area contributed by atoms with E-state index in [9.17, 15) is 24.3 Å². The number of thioether (sulfide) groups is 1. The molecule has 1 heterocycles. The molecule has 1 saturated carbocycles. The minimum Gasteiger partial charge on any atom is -0.480 e. The van der Waals surface area contributed by atoms with Gasteiger partial charge in [0.05, 0.1) is 25.7 Å². The third-order valence-electron chi connectivity index (χ3n) is 6.06. The lowest BCUT2D eigenvalue weighted by Crippen LogP contribution is -2.56. The monoisotopic (exact) mass is 472 g/mol. The molecular weight excluding hydrogens is 436 g/mol. The van der Waals surface area contributed by atoms with Crippen molar-refractivity contribution in [2.24, 2.45) is 5.92 Å². The fraction of sp³-hybridized carbons (Fsp3) is 0.818. The summed E-state index contributed by atoms with van der Waals surface area (Å²) in [6, 6.07) is -2.35. The number of nitrogens with zero attached hydrogens (tertiary/aromatic N) is 1. The standard InChI is InChI=1S/C22H36N2O7S/c1-4-30-19(25)10-11-32-13-16(22(29)31-5-2)23-14(3)20(26)24-17-9-7-6-8-15(17)12-18(24)21(27)28/h14-18,23H,4-13H2,1-3H3,(H,27,28)/t14-,15?,16+,17?,18-/m0/s1. The molecule has 1 saturated heterocycles. The zero-order valence-electron chi connectivity index (χ0n) is 19.2. The quantitative estimate of drug-likeness (QED) is 0.323. The summed E-state index contributed by atoms with van der Waals surface area (Å²) in [6.07, 6.45) is 4.54. The Kier molecular flexibility index (Phi) is 10.8. The molecule has 2 unspecified atom stereocenters. The Morgan fingerprint density at radius 2 is 1.81 bits per heavy atom.